The first-order valence-corrected chi connectivity index (χ1v) is 26.6. The zero-order chi connectivity index (χ0) is 42.5. The van der Waals surface area contributed by atoms with Crippen LogP contribution in [0.3, 0.4) is 0 Å². The van der Waals surface area contributed by atoms with E-state index in [0.717, 1.165) is 90.1 Å². The van der Waals surface area contributed by atoms with Crippen molar-refractivity contribution in [2.24, 2.45) is 98.6 Å². The zero-order valence-electron chi connectivity index (χ0n) is 39.5. The Bertz CT molecular complexity index is 1450. The third kappa shape index (κ3) is 8.64. The average Bonchev–Trinajstić information content (AvgIpc) is 3.76. The zero-order valence-corrected chi connectivity index (χ0v) is 40.3. The number of carbonyl (C=O) groups is 2. The molecule has 0 aromatic carbocycles. The van der Waals surface area contributed by atoms with E-state index in [9.17, 15) is 14.7 Å². The highest BCUT2D eigenvalue weighted by Gasteiger charge is 2.63. The number of hydrogen-bond acceptors (Lipinski definition) is 5. The van der Waals surface area contributed by atoms with Crippen LogP contribution in [-0.2, 0) is 14.3 Å². The van der Waals surface area contributed by atoms with Crippen molar-refractivity contribution >= 4 is 23.7 Å². The first kappa shape index (κ1) is 46.2. The van der Waals surface area contributed by atoms with Gasteiger partial charge in [0.25, 0.3) is 0 Å². The van der Waals surface area contributed by atoms with Gasteiger partial charge in [0, 0.05) is 18.1 Å². The van der Waals surface area contributed by atoms with E-state index in [2.05, 4.69) is 67.2 Å². The number of esters is 1. The van der Waals surface area contributed by atoms with Gasteiger partial charge in [0.05, 0.1) is 13.2 Å². The van der Waals surface area contributed by atoms with Crippen molar-refractivity contribution in [3.8, 4) is 0 Å². The van der Waals surface area contributed by atoms with Crippen LogP contribution in [0, 0.1) is 98.6 Å². The van der Waals surface area contributed by atoms with Crippen LogP contribution < -0.4 is 0 Å². The van der Waals surface area contributed by atoms with Gasteiger partial charge in [-0.15, -0.1) is 0 Å². The number of hydrogen-bond donors (Lipinski definition) is 2. The average molecular weight is 839 g/mol. The maximum atomic E-state index is 11.8. The van der Waals surface area contributed by atoms with Crippen molar-refractivity contribution in [3.63, 3.8) is 0 Å². The van der Waals surface area contributed by atoms with Crippen molar-refractivity contribution in [3.05, 3.63) is 0 Å². The quantitative estimate of drug-likeness (QED) is 0.202. The Morgan fingerprint density at radius 2 is 1.22 bits per heavy atom. The minimum Gasteiger partial charge on any atom is -0.481 e. The summed E-state index contributed by atoms with van der Waals surface area (Å²) < 4.78 is 4.94. The minimum absolute atomic E-state index is 0.0335. The van der Waals surface area contributed by atoms with E-state index in [4.69, 9.17) is 9.84 Å². The van der Waals surface area contributed by atoms with Gasteiger partial charge in [-0.3, -0.25) is 9.59 Å². The number of carbonyl (C=O) groups excluding carboxylic acids is 1. The molecule has 2 N–H and O–H groups in total. The lowest BCUT2D eigenvalue weighted by Crippen LogP contribution is -2.57. The fourth-order valence-corrected chi connectivity index (χ4v) is 19.9. The summed E-state index contributed by atoms with van der Waals surface area (Å²) in [6.07, 6.45) is 27.0. The van der Waals surface area contributed by atoms with Crippen LogP contribution in [0.15, 0.2) is 0 Å². The summed E-state index contributed by atoms with van der Waals surface area (Å²) in [7, 11) is 1.52. The lowest BCUT2D eigenvalue weighted by atomic mass is 9.44. The van der Waals surface area contributed by atoms with Gasteiger partial charge < -0.3 is 14.9 Å². The van der Waals surface area contributed by atoms with Crippen LogP contribution in [0.2, 0.25) is 0 Å². The van der Waals surface area contributed by atoms with Gasteiger partial charge in [-0.2, -0.15) is 11.8 Å². The van der Waals surface area contributed by atoms with Crippen molar-refractivity contribution in [2.75, 3.05) is 12.9 Å². The second kappa shape index (κ2) is 18.4. The maximum Gasteiger partial charge on any atom is 0.305 e. The summed E-state index contributed by atoms with van der Waals surface area (Å²) >= 11 is 2.34. The molecule has 59 heavy (non-hydrogen) atoms. The van der Waals surface area contributed by atoms with E-state index < -0.39 is 5.97 Å². The molecule has 0 amide bonds. The second-order valence-electron chi connectivity index (χ2n) is 24.1. The number of fused-ring (bicyclic) bond motifs is 10. The molecule has 0 aromatic rings. The molecule has 0 spiro atoms. The summed E-state index contributed by atoms with van der Waals surface area (Å²) in [5.41, 5.74) is 1.95. The predicted molar refractivity (Wildman–Crippen MR) is 244 cm³/mol. The number of carboxylic acid groups (broad SMARTS) is 1. The van der Waals surface area contributed by atoms with E-state index in [1.165, 1.54) is 116 Å². The first-order chi connectivity index (χ1) is 28.0. The minimum atomic E-state index is -0.643. The van der Waals surface area contributed by atoms with Crippen molar-refractivity contribution in [1.82, 2.24) is 0 Å². The van der Waals surface area contributed by atoms with Crippen LogP contribution in [-0.4, -0.2) is 46.4 Å². The normalized spacial score (nSPS) is 48.3. The Hall–Kier alpha value is -0.750. The molecule has 0 radical (unpaired) electrons. The number of thioether (sulfide) groups is 1. The highest BCUT2D eigenvalue weighted by molar-refractivity contribution is 7.99. The SMILES string of the molecule is CCCS[C@@H]1CC2C3CCC([C@H](C)CCC(=O)OC)[C@@]3(C)CCC2[C@@]2(C)CC[C@@H](C)CC12.C[C@H](CCC(=O)O)C1CCC2C3CCC4C[C@H](O)CC[C@]4(C)C3CC[C@@]21C. The molecule has 6 heteroatoms. The molecule has 8 rings (SSSR count). The maximum absolute atomic E-state index is 11.8. The Kier molecular flexibility index (Phi) is 14.4. The smallest absolute Gasteiger partial charge is 0.305 e. The molecule has 0 bridgehead atoms. The summed E-state index contributed by atoms with van der Waals surface area (Å²) in [5.74, 6) is 11.3. The van der Waals surface area contributed by atoms with Gasteiger partial charge in [-0.1, -0.05) is 61.8 Å². The van der Waals surface area contributed by atoms with Gasteiger partial charge in [-0.05, 0) is 226 Å². The Labute approximate surface area is 366 Å². The predicted octanol–water partition coefficient (Wildman–Crippen LogP) is 13.5. The molecule has 8 saturated carbocycles. The largest absolute Gasteiger partial charge is 0.481 e. The van der Waals surface area contributed by atoms with Crippen LogP contribution in [0.5, 0.6) is 0 Å². The first-order valence-electron chi connectivity index (χ1n) is 25.6. The fourth-order valence-electron chi connectivity index (χ4n) is 18.3. The molecule has 338 valence electrons. The molecule has 0 saturated heterocycles. The Morgan fingerprint density at radius 3 is 1.83 bits per heavy atom. The van der Waals surface area contributed by atoms with E-state index >= 15 is 0 Å². The number of rotatable bonds is 11. The third-order valence-corrected chi connectivity index (χ3v) is 23.0. The number of carboxylic acids is 1. The summed E-state index contributed by atoms with van der Waals surface area (Å²) in [6, 6.07) is 0. The van der Waals surface area contributed by atoms with Gasteiger partial charge in [0.2, 0.25) is 0 Å². The summed E-state index contributed by atoms with van der Waals surface area (Å²) in [4.78, 5) is 22.8. The van der Waals surface area contributed by atoms with Crippen molar-refractivity contribution in [2.45, 2.75) is 208 Å². The van der Waals surface area contributed by atoms with E-state index in [0.29, 0.717) is 52.3 Å². The molecule has 0 heterocycles. The Balaban J connectivity index is 0.000000181. The highest BCUT2D eigenvalue weighted by atomic mass is 32.2. The molecular formula is C53H90O5S. The van der Waals surface area contributed by atoms with Crippen LogP contribution in [0.25, 0.3) is 0 Å². The number of ether oxygens (including phenoxy) is 1. The number of methoxy groups -OCH3 is 1. The third-order valence-electron chi connectivity index (χ3n) is 21.5. The molecule has 8 aliphatic rings. The van der Waals surface area contributed by atoms with Gasteiger partial charge in [0.1, 0.15) is 0 Å². The molecule has 0 aliphatic heterocycles. The lowest BCUT2D eigenvalue weighted by Gasteiger charge is -2.63. The summed E-state index contributed by atoms with van der Waals surface area (Å²) in [5, 5.41) is 20.2. The molecule has 8 aliphatic carbocycles. The van der Waals surface area contributed by atoms with E-state index in [1.807, 2.05) is 0 Å². The highest BCUT2D eigenvalue weighted by Crippen LogP contribution is 2.71. The number of aliphatic carboxylic acids is 1. The monoisotopic (exact) mass is 839 g/mol. The van der Waals surface area contributed by atoms with Crippen LogP contribution in [0.4, 0.5) is 0 Å². The summed E-state index contributed by atoms with van der Waals surface area (Å²) in [6.45, 7) is 20.1. The molecule has 0 aromatic heterocycles. The molecule has 19 atom stereocenters. The Morgan fingerprint density at radius 1 is 0.661 bits per heavy atom. The van der Waals surface area contributed by atoms with E-state index in [1.54, 1.807) is 0 Å². The second-order valence-corrected chi connectivity index (χ2v) is 25.4. The van der Waals surface area contributed by atoms with Gasteiger partial charge in [-0.25, -0.2) is 0 Å². The number of aliphatic hydroxyl groups is 1. The molecule has 8 fully saturated rings. The molecular weight excluding hydrogens is 749 g/mol. The van der Waals surface area contributed by atoms with Crippen LogP contribution in [0.1, 0.15) is 197 Å². The lowest BCUT2D eigenvalue weighted by molar-refractivity contribution is -0.141. The van der Waals surface area contributed by atoms with Crippen molar-refractivity contribution < 1.29 is 24.5 Å². The molecule has 10 unspecified atom stereocenters. The standard InChI is InChI=1S/C29H50O2S.C24H40O3/c1-7-16-32-26-18-21-23-10-9-22(20(3)8-11-27(30)31-6)28(23,4)15-13-24(21)29(5)14-12-19(2)17-25(26)29;1-15(4-9-22(26)27)19-7-8-20-18-6-5-16-14-17(25)10-12-23(16,2)21(18)11-13-24(19,20)3/h19-26H,7-18H2,1-6H3;15-21,25H,4-14H2,1-3H3,(H,26,27)/t19-,20-,21?,22?,23?,24?,25?,26-,28-,29-;15-,16?,17-,18?,19?,20?,21?,23+,24-/m11/s1. The van der Waals surface area contributed by atoms with Gasteiger partial charge >= 0.3 is 11.9 Å². The van der Waals surface area contributed by atoms with Gasteiger partial charge in [0.15, 0.2) is 0 Å². The van der Waals surface area contributed by atoms with Crippen LogP contribution >= 0.6 is 11.8 Å². The number of aliphatic hydroxyl groups excluding tert-OH is 1. The fraction of sp³-hybridized carbons (Fsp3) is 0.962. The topological polar surface area (TPSA) is 83.8 Å². The molecule has 5 nitrogen and oxygen atoms in total. The van der Waals surface area contributed by atoms with Crippen molar-refractivity contribution in [1.29, 1.82) is 0 Å². The van der Waals surface area contributed by atoms with E-state index in [-0.39, 0.29) is 12.1 Å².